The molecule has 0 spiro atoms. The molecule has 7 heteroatoms. The SMILES string of the molecule is CN(C)C(=O)c1cn(CC(=O)c2cc(C(C)(C)C)c(O)c(C(C)(C)C)c2)c(=N)n1Cc1ccccc1. The molecule has 1 aromatic heterocycles. The van der Waals surface area contributed by atoms with Gasteiger partial charge in [0.2, 0.25) is 5.62 Å². The molecule has 36 heavy (non-hydrogen) atoms. The Balaban J connectivity index is 2.08. The minimum atomic E-state index is -0.363. The van der Waals surface area contributed by atoms with Crippen LogP contribution in [0, 0.1) is 5.41 Å². The lowest BCUT2D eigenvalue weighted by Gasteiger charge is -2.28. The van der Waals surface area contributed by atoms with Gasteiger partial charge < -0.3 is 19.1 Å². The lowest BCUT2D eigenvalue weighted by molar-refractivity contribution is 0.0816. The summed E-state index contributed by atoms with van der Waals surface area (Å²) >= 11 is 0. The zero-order valence-corrected chi connectivity index (χ0v) is 22.6. The van der Waals surface area contributed by atoms with Crippen molar-refractivity contribution >= 4 is 11.7 Å². The number of Topliss-reactive ketones (excluding diaryl/α,β-unsaturated/α-hetero) is 1. The van der Waals surface area contributed by atoms with Crippen LogP contribution in [0.5, 0.6) is 5.75 Å². The van der Waals surface area contributed by atoms with Crippen LogP contribution in [0.4, 0.5) is 0 Å². The van der Waals surface area contributed by atoms with Crippen LogP contribution < -0.4 is 5.62 Å². The summed E-state index contributed by atoms with van der Waals surface area (Å²) in [7, 11) is 3.33. The van der Waals surface area contributed by atoms with Crippen LogP contribution in [0.25, 0.3) is 0 Å². The monoisotopic (exact) mass is 490 g/mol. The minimum absolute atomic E-state index is 0.0725. The third-order valence-corrected chi connectivity index (χ3v) is 6.27. The molecule has 0 aliphatic heterocycles. The van der Waals surface area contributed by atoms with Crippen molar-refractivity contribution in [3.63, 3.8) is 0 Å². The van der Waals surface area contributed by atoms with E-state index < -0.39 is 0 Å². The summed E-state index contributed by atoms with van der Waals surface area (Å²) in [6, 6.07) is 13.1. The van der Waals surface area contributed by atoms with Gasteiger partial charge in [-0.2, -0.15) is 0 Å². The smallest absolute Gasteiger partial charge is 0.271 e. The Kier molecular flexibility index (Phi) is 7.35. The number of ketones is 1. The molecule has 0 bridgehead atoms. The van der Waals surface area contributed by atoms with Crippen LogP contribution in [-0.4, -0.2) is 44.9 Å². The van der Waals surface area contributed by atoms with Crippen LogP contribution in [0.3, 0.4) is 0 Å². The van der Waals surface area contributed by atoms with E-state index in [1.54, 1.807) is 37.0 Å². The number of benzene rings is 2. The van der Waals surface area contributed by atoms with Crippen molar-refractivity contribution in [1.29, 1.82) is 5.41 Å². The van der Waals surface area contributed by atoms with Crippen LogP contribution in [0.1, 0.15) is 79.1 Å². The molecule has 2 aromatic carbocycles. The van der Waals surface area contributed by atoms with Gasteiger partial charge >= 0.3 is 0 Å². The number of hydrogen-bond acceptors (Lipinski definition) is 4. The lowest BCUT2D eigenvalue weighted by atomic mass is 9.78. The molecular formula is C29H38N4O3. The molecule has 0 unspecified atom stereocenters. The molecule has 0 radical (unpaired) electrons. The van der Waals surface area contributed by atoms with Crippen molar-refractivity contribution in [2.24, 2.45) is 0 Å². The Morgan fingerprint density at radius 2 is 1.47 bits per heavy atom. The number of carbonyl (C=O) groups is 2. The van der Waals surface area contributed by atoms with Gasteiger partial charge in [0.05, 0.1) is 13.1 Å². The Bertz CT molecular complexity index is 1300. The Labute approximate surface area is 213 Å². The van der Waals surface area contributed by atoms with Crippen LogP contribution in [0.15, 0.2) is 48.7 Å². The third-order valence-electron chi connectivity index (χ3n) is 6.27. The van der Waals surface area contributed by atoms with E-state index in [4.69, 9.17) is 5.41 Å². The second-order valence-electron chi connectivity index (χ2n) is 11.6. The third kappa shape index (κ3) is 5.61. The van der Waals surface area contributed by atoms with Crippen LogP contribution >= 0.6 is 0 Å². The number of amides is 1. The fraction of sp³-hybridized carbons (Fsp3) is 0.414. The van der Waals surface area contributed by atoms with Gasteiger partial charge in [0, 0.05) is 37.0 Å². The Morgan fingerprint density at radius 3 is 1.94 bits per heavy atom. The molecule has 3 rings (SSSR count). The van der Waals surface area contributed by atoms with E-state index in [1.807, 2.05) is 71.9 Å². The molecule has 1 heterocycles. The summed E-state index contributed by atoms with van der Waals surface area (Å²) in [5.74, 6) is -0.209. The van der Waals surface area contributed by atoms with Crippen LogP contribution in [0.2, 0.25) is 0 Å². The highest BCUT2D eigenvalue weighted by Crippen LogP contribution is 2.39. The topological polar surface area (TPSA) is 91.3 Å². The summed E-state index contributed by atoms with van der Waals surface area (Å²) in [6.07, 6.45) is 1.58. The van der Waals surface area contributed by atoms with Crippen molar-refractivity contribution in [3.8, 4) is 5.75 Å². The van der Waals surface area contributed by atoms with E-state index >= 15 is 0 Å². The number of carbonyl (C=O) groups excluding carboxylic acids is 2. The second kappa shape index (κ2) is 9.80. The molecule has 0 aliphatic rings. The quantitative estimate of drug-likeness (QED) is 0.491. The maximum absolute atomic E-state index is 13.5. The number of hydrogen-bond donors (Lipinski definition) is 2. The van der Waals surface area contributed by atoms with E-state index in [0.29, 0.717) is 28.9 Å². The first-order valence-corrected chi connectivity index (χ1v) is 12.1. The summed E-state index contributed by atoms with van der Waals surface area (Å²) < 4.78 is 3.14. The molecule has 0 atom stereocenters. The maximum atomic E-state index is 13.5. The molecule has 0 saturated carbocycles. The van der Waals surface area contributed by atoms with Gasteiger partial charge in [-0.3, -0.25) is 15.0 Å². The Morgan fingerprint density at radius 1 is 0.944 bits per heavy atom. The summed E-state index contributed by atoms with van der Waals surface area (Å²) in [4.78, 5) is 27.9. The van der Waals surface area contributed by atoms with Crippen molar-refractivity contribution in [1.82, 2.24) is 14.0 Å². The van der Waals surface area contributed by atoms with E-state index in [9.17, 15) is 14.7 Å². The van der Waals surface area contributed by atoms with Gasteiger partial charge in [-0.05, 0) is 28.5 Å². The highest BCUT2D eigenvalue weighted by atomic mass is 16.3. The van der Waals surface area contributed by atoms with E-state index in [1.165, 1.54) is 9.47 Å². The van der Waals surface area contributed by atoms with Crippen molar-refractivity contribution in [2.75, 3.05) is 14.1 Å². The number of rotatable bonds is 6. The number of imidazole rings is 1. The first kappa shape index (κ1) is 27.0. The standard InChI is InChI=1S/C29H38N4O3/c1-28(2,3)21-14-20(15-22(25(21)35)29(4,5)6)24(34)18-32-17-23(26(36)31(7)8)33(27(32)30)16-19-12-10-9-11-13-19/h9-15,17,30,35H,16,18H2,1-8H3. The van der Waals surface area contributed by atoms with Crippen molar-refractivity contribution in [3.05, 3.63) is 82.2 Å². The zero-order valence-electron chi connectivity index (χ0n) is 22.6. The molecule has 0 fully saturated rings. The first-order valence-electron chi connectivity index (χ1n) is 12.1. The van der Waals surface area contributed by atoms with Gasteiger partial charge in [-0.15, -0.1) is 0 Å². The van der Waals surface area contributed by atoms with Crippen LogP contribution in [-0.2, 0) is 23.9 Å². The van der Waals surface area contributed by atoms with Gasteiger partial charge in [-0.1, -0.05) is 71.9 Å². The van der Waals surface area contributed by atoms with Gasteiger partial charge in [0.15, 0.2) is 5.78 Å². The number of phenols is 1. The van der Waals surface area contributed by atoms with E-state index in [2.05, 4.69) is 0 Å². The highest BCUT2D eigenvalue weighted by Gasteiger charge is 2.28. The van der Waals surface area contributed by atoms with E-state index in [0.717, 1.165) is 5.56 Å². The molecule has 2 N–H and O–H groups in total. The number of phenolic OH excluding ortho intramolecular Hbond substituents is 1. The molecule has 0 saturated heterocycles. The van der Waals surface area contributed by atoms with Gasteiger partial charge in [0.25, 0.3) is 5.91 Å². The number of nitrogens with zero attached hydrogens (tertiary/aromatic N) is 3. The molecule has 7 nitrogen and oxygen atoms in total. The fourth-order valence-electron chi connectivity index (χ4n) is 4.18. The normalized spacial score (nSPS) is 12.0. The fourth-order valence-corrected chi connectivity index (χ4v) is 4.18. The Hall–Kier alpha value is -3.61. The number of aromatic nitrogens is 2. The largest absolute Gasteiger partial charge is 0.507 e. The zero-order chi connectivity index (χ0) is 27.0. The molecular weight excluding hydrogens is 452 g/mol. The average molecular weight is 491 g/mol. The van der Waals surface area contributed by atoms with Crippen molar-refractivity contribution < 1.29 is 14.7 Å². The molecule has 1 amide bonds. The first-order chi connectivity index (χ1) is 16.6. The summed E-state index contributed by atoms with van der Waals surface area (Å²) in [6.45, 7) is 12.3. The molecule has 3 aromatic rings. The maximum Gasteiger partial charge on any atom is 0.271 e. The van der Waals surface area contributed by atoms with Gasteiger partial charge in [-0.25, -0.2) is 0 Å². The molecule has 0 aliphatic carbocycles. The number of aromatic hydroxyl groups is 1. The minimum Gasteiger partial charge on any atom is -0.507 e. The summed E-state index contributed by atoms with van der Waals surface area (Å²) in [5, 5.41) is 19.8. The summed E-state index contributed by atoms with van der Waals surface area (Å²) in [5.41, 5.74) is 2.54. The highest BCUT2D eigenvalue weighted by molar-refractivity contribution is 5.97. The van der Waals surface area contributed by atoms with E-state index in [-0.39, 0.29) is 40.4 Å². The second-order valence-corrected chi connectivity index (χ2v) is 11.6. The van der Waals surface area contributed by atoms with Gasteiger partial charge in [0.1, 0.15) is 11.4 Å². The number of nitrogens with one attached hydrogen (secondary N) is 1. The molecule has 192 valence electrons. The predicted molar refractivity (Wildman–Crippen MR) is 142 cm³/mol. The lowest BCUT2D eigenvalue weighted by Crippen LogP contribution is -2.31. The van der Waals surface area contributed by atoms with Crippen molar-refractivity contribution in [2.45, 2.75) is 65.5 Å². The predicted octanol–water partition coefficient (Wildman–Crippen LogP) is 4.70. The average Bonchev–Trinajstić information content (AvgIpc) is 3.07.